The summed E-state index contributed by atoms with van der Waals surface area (Å²) in [6.07, 6.45) is 6.55. The molecule has 0 amide bonds. The van der Waals surface area contributed by atoms with E-state index in [-0.39, 0.29) is 0 Å². The van der Waals surface area contributed by atoms with Crippen LogP contribution in [0, 0.1) is 0 Å². The van der Waals surface area contributed by atoms with Gasteiger partial charge >= 0.3 is 0 Å². The predicted octanol–water partition coefficient (Wildman–Crippen LogP) is 2.79. The van der Waals surface area contributed by atoms with E-state index < -0.39 is 0 Å². The Labute approximate surface area is 97.2 Å². The number of thioether (sulfide) groups is 1. The lowest BCUT2D eigenvalue weighted by atomic mass is 10.2. The van der Waals surface area contributed by atoms with E-state index in [1.807, 2.05) is 11.8 Å². The summed E-state index contributed by atoms with van der Waals surface area (Å²) in [5.74, 6) is 2.03. The number of aromatic nitrogens is 2. The van der Waals surface area contributed by atoms with Gasteiger partial charge in [-0.05, 0) is 41.3 Å². The highest BCUT2D eigenvalue weighted by Crippen LogP contribution is 2.18. The first kappa shape index (κ1) is 11.8. The number of nitrogens with zero attached hydrogens (tertiary/aromatic N) is 2. The molecule has 1 rings (SSSR count). The minimum atomic E-state index is 0.439. The van der Waals surface area contributed by atoms with Gasteiger partial charge < -0.3 is 5.32 Å². The minimum Gasteiger partial charge on any atom is -0.367 e. The number of hydrogen-bond donors (Lipinski definition) is 1. The zero-order valence-electron chi connectivity index (χ0n) is 8.33. The zero-order chi connectivity index (χ0) is 10.4. The summed E-state index contributed by atoms with van der Waals surface area (Å²) in [6, 6.07) is 0.439. The topological polar surface area (TPSA) is 37.8 Å². The molecule has 0 aliphatic rings. The molecule has 5 heteroatoms. The predicted molar refractivity (Wildman–Crippen MR) is 65.8 cm³/mol. The number of nitrogens with one attached hydrogen (secondary N) is 1. The molecule has 78 valence electrons. The van der Waals surface area contributed by atoms with Crippen LogP contribution in [0.1, 0.15) is 13.3 Å². The molecule has 0 aliphatic heterocycles. The molecular formula is C9H14BrN3S. The monoisotopic (exact) mass is 275 g/mol. The smallest absolute Gasteiger partial charge is 0.143 e. The quantitative estimate of drug-likeness (QED) is 0.897. The summed E-state index contributed by atoms with van der Waals surface area (Å²) in [7, 11) is 0. The lowest BCUT2D eigenvalue weighted by molar-refractivity contribution is 0.765. The summed E-state index contributed by atoms with van der Waals surface area (Å²) >= 11 is 5.26. The van der Waals surface area contributed by atoms with E-state index in [9.17, 15) is 0 Å². The molecular weight excluding hydrogens is 262 g/mol. The first-order valence-electron chi connectivity index (χ1n) is 4.45. The Kier molecular flexibility index (Phi) is 5.25. The summed E-state index contributed by atoms with van der Waals surface area (Å²) in [4.78, 5) is 8.06. The molecule has 1 aromatic heterocycles. The second-order valence-electron chi connectivity index (χ2n) is 3.05. The first-order valence-corrected chi connectivity index (χ1v) is 6.63. The Bertz CT molecular complexity index is 283. The van der Waals surface area contributed by atoms with Gasteiger partial charge in [0.25, 0.3) is 0 Å². The Morgan fingerprint density at radius 3 is 3.07 bits per heavy atom. The van der Waals surface area contributed by atoms with E-state index in [0.717, 1.165) is 22.5 Å². The van der Waals surface area contributed by atoms with Crippen molar-refractivity contribution in [2.24, 2.45) is 0 Å². The van der Waals surface area contributed by atoms with Crippen LogP contribution in [0.3, 0.4) is 0 Å². The molecule has 0 aromatic carbocycles. The molecule has 1 N–H and O–H groups in total. The van der Waals surface area contributed by atoms with Gasteiger partial charge in [0, 0.05) is 12.2 Å². The van der Waals surface area contributed by atoms with Crippen molar-refractivity contribution in [3.05, 3.63) is 17.0 Å². The molecule has 0 saturated carbocycles. The van der Waals surface area contributed by atoms with E-state index >= 15 is 0 Å². The van der Waals surface area contributed by atoms with E-state index in [1.54, 1.807) is 12.5 Å². The Balaban J connectivity index is 2.47. The molecule has 3 nitrogen and oxygen atoms in total. The summed E-state index contributed by atoms with van der Waals surface area (Å²) < 4.78 is 0.913. The van der Waals surface area contributed by atoms with Crippen LogP contribution >= 0.6 is 27.7 Å². The number of rotatable bonds is 5. The fraction of sp³-hybridized carbons (Fsp3) is 0.556. The van der Waals surface area contributed by atoms with Gasteiger partial charge in [-0.25, -0.2) is 9.97 Å². The average molecular weight is 276 g/mol. The highest BCUT2D eigenvalue weighted by molar-refractivity contribution is 9.10. The normalized spacial score (nSPS) is 12.5. The third-order valence-corrected chi connectivity index (χ3v) is 3.03. The summed E-state index contributed by atoms with van der Waals surface area (Å²) in [6.45, 7) is 2.16. The molecule has 0 saturated heterocycles. The molecule has 0 radical (unpaired) electrons. The number of hydrogen-bond acceptors (Lipinski definition) is 4. The van der Waals surface area contributed by atoms with Gasteiger partial charge in [-0.1, -0.05) is 0 Å². The van der Waals surface area contributed by atoms with Crippen LogP contribution in [0.25, 0.3) is 0 Å². The Morgan fingerprint density at radius 2 is 2.43 bits per heavy atom. The van der Waals surface area contributed by atoms with Crippen LogP contribution in [0.2, 0.25) is 0 Å². The minimum absolute atomic E-state index is 0.439. The van der Waals surface area contributed by atoms with Crippen molar-refractivity contribution < 1.29 is 0 Å². The van der Waals surface area contributed by atoms with Crippen molar-refractivity contribution in [3.8, 4) is 0 Å². The third kappa shape index (κ3) is 3.84. The Morgan fingerprint density at radius 1 is 1.64 bits per heavy atom. The number of anilines is 1. The van der Waals surface area contributed by atoms with Crippen LogP contribution in [0.15, 0.2) is 17.0 Å². The largest absolute Gasteiger partial charge is 0.367 e. The standard InChI is InChI=1S/C9H14BrN3S/c1-7(3-4-14-2)13-9-8(10)5-11-6-12-9/h5-7H,3-4H2,1-2H3,(H,11,12,13). The van der Waals surface area contributed by atoms with Crippen LogP contribution in [0.4, 0.5) is 5.82 Å². The number of halogens is 1. The van der Waals surface area contributed by atoms with Crippen LogP contribution < -0.4 is 5.32 Å². The average Bonchev–Trinajstić information content (AvgIpc) is 2.18. The first-order chi connectivity index (χ1) is 6.74. The molecule has 1 aromatic rings. The fourth-order valence-electron chi connectivity index (χ4n) is 1.02. The molecule has 0 fully saturated rings. The molecule has 1 unspecified atom stereocenters. The van der Waals surface area contributed by atoms with Gasteiger partial charge in [0.1, 0.15) is 12.1 Å². The maximum atomic E-state index is 4.15. The van der Waals surface area contributed by atoms with Gasteiger partial charge in [-0.3, -0.25) is 0 Å². The summed E-state index contributed by atoms with van der Waals surface area (Å²) in [5, 5.41) is 3.33. The highest BCUT2D eigenvalue weighted by Gasteiger charge is 2.05. The van der Waals surface area contributed by atoms with Gasteiger partial charge in [0.05, 0.1) is 4.47 Å². The van der Waals surface area contributed by atoms with Gasteiger partial charge in [-0.2, -0.15) is 11.8 Å². The van der Waals surface area contributed by atoms with Crippen molar-refractivity contribution in [1.29, 1.82) is 0 Å². The van der Waals surface area contributed by atoms with E-state index in [0.29, 0.717) is 6.04 Å². The lowest BCUT2D eigenvalue weighted by Crippen LogP contribution is -2.17. The SMILES string of the molecule is CSCCC(C)Nc1ncncc1Br. The third-order valence-electron chi connectivity index (χ3n) is 1.81. The maximum absolute atomic E-state index is 4.15. The van der Waals surface area contributed by atoms with Gasteiger partial charge in [-0.15, -0.1) is 0 Å². The van der Waals surface area contributed by atoms with E-state index in [4.69, 9.17) is 0 Å². The van der Waals surface area contributed by atoms with Crippen molar-refractivity contribution in [1.82, 2.24) is 9.97 Å². The van der Waals surface area contributed by atoms with Crippen LogP contribution in [0.5, 0.6) is 0 Å². The molecule has 1 heterocycles. The van der Waals surface area contributed by atoms with Crippen molar-refractivity contribution in [2.75, 3.05) is 17.3 Å². The zero-order valence-corrected chi connectivity index (χ0v) is 10.7. The molecule has 1 atom stereocenters. The Hall–Kier alpha value is -0.290. The fourth-order valence-corrected chi connectivity index (χ4v) is 1.94. The lowest BCUT2D eigenvalue weighted by Gasteiger charge is -2.14. The molecule has 14 heavy (non-hydrogen) atoms. The van der Waals surface area contributed by atoms with Crippen molar-refractivity contribution in [2.45, 2.75) is 19.4 Å². The van der Waals surface area contributed by atoms with Gasteiger partial charge in [0.2, 0.25) is 0 Å². The highest BCUT2D eigenvalue weighted by atomic mass is 79.9. The van der Waals surface area contributed by atoms with Crippen molar-refractivity contribution in [3.63, 3.8) is 0 Å². The second-order valence-corrected chi connectivity index (χ2v) is 4.89. The van der Waals surface area contributed by atoms with E-state index in [1.165, 1.54) is 0 Å². The molecule has 0 aliphatic carbocycles. The van der Waals surface area contributed by atoms with Crippen LogP contribution in [-0.2, 0) is 0 Å². The maximum Gasteiger partial charge on any atom is 0.143 e. The second kappa shape index (κ2) is 6.24. The molecule has 0 bridgehead atoms. The van der Waals surface area contributed by atoms with Gasteiger partial charge in [0.15, 0.2) is 0 Å². The van der Waals surface area contributed by atoms with E-state index in [2.05, 4.69) is 44.4 Å². The molecule has 0 spiro atoms. The summed E-state index contributed by atoms with van der Waals surface area (Å²) in [5.41, 5.74) is 0. The van der Waals surface area contributed by atoms with Crippen LogP contribution in [-0.4, -0.2) is 28.0 Å². The van der Waals surface area contributed by atoms with Crippen molar-refractivity contribution >= 4 is 33.5 Å².